The summed E-state index contributed by atoms with van der Waals surface area (Å²) in [6.45, 7) is 8.35. The summed E-state index contributed by atoms with van der Waals surface area (Å²) in [4.78, 5) is 0. The third-order valence-electron chi connectivity index (χ3n) is 6.16. The minimum atomic E-state index is 0.209. The summed E-state index contributed by atoms with van der Waals surface area (Å²) < 4.78 is 17.9. The molecule has 3 aliphatic rings. The lowest BCUT2D eigenvalue weighted by atomic mass is 9.74. The van der Waals surface area contributed by atoms with Crippen LogP contribution in [-0.4, -0.2) is 50.1 Å². The maximum atomic E-state index is 6.23. The number of hydrogen-bond donors (Lipinski definition) is 0. The Kier molecular flexibility index (Phi) is 7.30. The van der Waals surface area contributed by atoms with Gasteiger partial charge in [-0.2, -0.15) is 11.8 Å². The number of thioether (sulfide) groups is 1. The summed E-state index contributed by atoms with van der Waals surface area (Å²) in [6.07, 6.45) is 13.8. The van der Waals surface area contributed by atoms with Crippen LogP contribution in [0.4, 0.5) is 0 Å². The minimum absolute atomic E-state index is 0.209. The minimum Gasteiger partial charge on any atom is -0.380 e. The van der Waals surface area contributed by atoms with Gasteiger partial charge in [-0.1, -0.05) is 19.9 Å². The van der Waals surface area contributed by atoms with Crippen LogP contribution in [0.3, 0.4) is 0 Å². The fourth-order valence-corrected chi connectivity index (χ4v) is 5.26. The lowest BCUT2D eigenvalue weighted by molar-refractivity contribution is -0.0375. The number of ether oxygens (including phenoxy) is 3. The van der Waals surface area contributed by atoms with Gasteiger partial charge in [0.25, 0.3) is 0 Å². The first-order chi connectivity index (χ1) is 12.1. The van der Waals surface area contributed by atoms with Gasteiger partial charge in [-0.3, -0.25) is 0 Å². The van der Waals surface area contributed by atoms with Gasteiger partial charge in [0.2, 0.25) is 0 Å². The van der Waals surface area contributed by atoms with Crippen LogP contribution in [0.2, 0.25) is 0 Å². The van der Waals surface area contributed by atoms with E-state index >= 15 is 0 Å². The van der Waals surface area contributed by atoms with E-state index in [1.165, 1.54) is 37.7 Å². The maximum absolute atomic E-state index is 6.23. The van der Waals surface area contributed by atoms with Gasteiger partial charge < -0.3 is 14.2 Å². The summed E-state index contributed by atoms with van der Waals surface area (Å²) >= 11 is 1.95. The van der Waals surface area contributed by atoms with Crippen molar-refractivity contribution < 1.29 is 14.2 Å². The second-order valence-electron chi connectivity index (χ2n) is 8.71. The third-order valence-corrected chi connectivity index (χ3v) is 7.15. The van der Waals surface area contributed by atoms with Crippen LogP contribution in [0.15, 0.2) is 11.6 Å². The van der Waals surface area contributed by atoms with Crippen molar-refractivity contribution >= 4 is 11.8 Å². The van der Waals surface area contributed by atoms with E-state index in [0.29, 0.717) is 23.4 Å². The van der Waals surface area contributed by atoms with Crippen molar-refractivity contribution in [1.29, 1.82) is 0 Å². The molecule has 0 N–H and O–H groups in total. The van der Waals surface area contributed by atoms with Crippen molar-refractivity contribution in [3.8, 4) is 0 Å². The van der Waals surface area contributed by atoms with Crippen molar-refractivity contribution in [2.45, 2.75) is 76.3 Å². The fourth-order valence-electron chi connectivity index (χ4n) is 4.56. The predicted molar refractivity (Wildman–Crippen MR) is 105 cm³/mol. The van der Waals surface area contributed by atoms with Gasteiger partial charge in [0.1, 0.15) is 0 Å². The van der Waals surface area contributed by atoms with Gasteiger partial charge in [0.15, 0.2) is 0 Å². The molecule has 3 rings (SSSR count). The van der Waals surface area contributed by atoms with E-state index in [0.717, 1.165) is 39.3 Å². The zero-order valence-corrected chi connectivity index (χ0v) is 17.1. The van der Waals surface area contributed by atoms with Crippen molar-refractivity contribution in [1.82, 2.24) is 0 Å². The van der Waals surface area contributed by atoms with Crippen molar-refractivity contribution in [3.63, 3.8) is 0 Å². The standard InChI is InChI=1S/C21H36O3S/c1-21(2,12-16-10-20(25-3)15-22-13-16)17-7-8-19(24-14-17)11-18-6-4-5-9-23-18/h7,16,18-20H,4-6,8-15H2,1-3H3. The SMILES string of the molecule is CSC1COCC(CC(C)(C)C2=CCC(CC3CCCCO3)OC2)C1. The van der Waals surface area contributed by atoms with Gasteiger partial charge in [0, 0.05) is 24.9 Å². The van der Waals surface area contributed by atoms with Gasteiger partial charge in [0.05, 0.1) is 25.4 Å². The van der Waals surface area contributed by atoms with Gasteiger partial charge in [-0.25, -0.2) is 0 Å². The van der Waals surface area contributed by atoms with E-state index in [1.807, 2.05) is 11.8 Å². The Labute approximate surface area is 158 Å². The Morgan fingerprint density at radius 1 is 1.16 bits per heavy atom. The predicted octanol–water partition coefficient (Wildman–Crippen LogP) is 4.85. The average molecular weight is 369 g/mol. The second-order valence-corrected chi connectivity index (χ2v) is 9.85. The quantitative estimate of drug-likeness (QED) is 0.627. The molecule has 3 aliphatic heterocycles. The highest BCUT2D eigenvalue weighted by Gasteiger charge is 2.33. The largest absolute Gasteiger partial charge is 0.380 e. The van der Waals surface area contributed by atoms with Crippen LogP contribution >= 0.6 is 11.8 Å². The summed E-state index contributed by atoms with van der Waals surface area (Å²) in [6, 6.07) is 0. The molecule has 4 unspecified atom stereocenters. The van der Waals surface area contributed by atoms with Crippen molar-refractivity contribution in [3.05, 3.63) is 11.6 Å². The van der Waals surface area contributed by atoms with Crippen LogP contribution in [0.25, 0.3) is 0 Å². The molecular formula is C21H36O3S. The molecule has 0 aromatic carbocycles. The molecule has 3 heterocycles. The molecule has 0 aliphatic carbocycles. The summed E-state index contributed by atoms with van der Waals surface area (Å²) in [7, 11) is 0. The molecule has 0 amide bonds. The van der Waals surface area contributed by atoms with E-state index in [1.54, 1.807) is 0 Å². The molecule has 144 valence electrons. The van der Waals surface area contributed by atoms with E-state index < -0.39 is 0 Å². The summed E-state index contributed by atoms with van der Waals surface area (Å²) in [5, 5.41) is 0.672. The number of rotatable bonds is 6. The highest BCUT2D eigenvalue weighted by Crippen LogP contribution is 2.39. The molecule has 3 nitrogen and oxygen atoms in total. The van der Waals surface area contributed by atoms with E-state index in [2.05, 4.69) is 26.2 Å². The molecule has 4 heteroatoms. The Balaban J connectivity index is 1.49. The Morgan fingerprint density at radius 3 is 2.72 bits per heavy atom. The highest BCUT2D eigenvalue weighted by molar-refractivity contribution is 7.99. The molecular weight excluding hydrogens is 332 g/mol. The first-order valence-electron chi connectivity index (χ1n) is 10.1. The summed E-state index contributed by atoms with van der Waals surface area (Å²) in [5.74, 6) is 0.676. The van der Waals surface area contributed by atoms with E-state index in [4.69, 9.17) is 14.2 Å². The van der Waals surface area contributed by atoms with Crippen molar-refractivity contribution in [2.75, 3.05) is 32.7 Å². The molecule has 2 saturated heterocycles. The molecule has 0 bridgehead atoms. The molecule has 25 heavy (non-hydrogen) atoms. The normalized spacial score (nSPS) is 34.6. The topological polar surface area (TPSA) is 27.7 Å². The Morgan fingerprint density at radius 2 is 2.04 bits per heavy atom. The lowest BCUT2D eigenvalue weighted by Crippen LogP contribution is -2.34. The summed E-state index contributed by atoms with van der Waals surface area (Å²) in [5.41, 5.74) is 1.69. The van der Waals surface area contributed by atoms with Crippen LogP contribution in [0.5, 0.6) is 0 Å². The smallest absolute Gasteiger partial charge is 0.0685 e. The molecule has 0 aromatic rings. The lowest BCUT2D eigenvalue weighted by Gasteiger charge is -2.38. The van der Waals surface area contributed by atoms with E-state index in [-0.39, 0.29) is 5.41 Å². The first-order valence-corrected chi connectivity index (χ1v) is 11.4. The Hall–Kier alpha value is -0.0300. The highest BCUT2D eigenvalue weighted by atomic mass is 32.2. The molecule has 4 atom stereocenters. The molecule has 0 spiro atoms. The van der Waals surface area contributed by atoms with Crippen LogP contribution in [-0.2, 0) is 14.2 Å². The third kappa shape index (κ3) is 5.72. The monoisotopic (exact) mass is 368 g/mol. The molecule has 0 radical (unpaired) electrons. The van der Waals surface area contributed by atoms with E-state index in [9.17, 15) is 0 Å². The number of hydrogen-bond acceptors (Lipinski definition) is 4. The molecule has 0 saturated carbocycles. The van der Waals surface area contributed by atoms with Gasteiger partial charge in [-0.05, 0) is 61.7 Å². The molecule has 2 fully saturated rings. The van der Waals surface area contributed by atoms with Gasteiger partial charge in [-0.15, -0.1) is 0 Å². The first kappa shape index (κ1) is 19.7. The Bertz CT molecular complexity index is 442. The fraction of sp³-hybridized carbons (Fsp3) is 0.905. The maximum Gasteiger partial charge on any atom is 0.0685 e. The average Bonchev–Trinajstić information content (AvgIpc) is 2.63. The zero-order chi connectivity index (χ0) is 17.7. The zero-order valence-electron chi connectivity index (χ0n) is 16.3. The van der Waals surface area contributed by atoms with Crippen LogP contribution in [0.1, 0.15) is 58.8 Å². The van der Waals surface area contributed by atoms with Crippen LogP contribution in [0, 0.1) is 11.3 Å². The van der Waals surface area contributed by atoms with Crippen molar-refractivity contribution in [2.24, 2.45) is 11.3 Å². The molecule has 0 aromatic heterocycles. The van der Waals surface area contributed by atoms with Crippen LogP contribution < -0.4 is 0 Å². The van der Waals surface area contributed by atoms with Gasteiger partial charge >= 0.3 is 0 Å². The second kappa shape index (κ2) is 9.25.